The topological polar surface area (TPSA) is 76.1 Å². The SMILES string of the molecule is Cc1ccc(Oc2ccc(NC(=O)NCc3cccc(C)n3)cn2)cc1. The van der Waals surface area contributed by atoms with Gasteiger partial charge in [-0.3, -0.25) is 4.98 Å². The minimum Gasteiger partial charge on any atom is -0.439 e. The normalized spacial score (nSPS) is 10.2. The molecular formula is C20H20N4O2. The average Bonchev–Trinajstić information content (AvgIpc) is 2.64. The highest BCUT2D eigenvalue weighted by molar-refractivity contribution is 5.88. The molecule has 2 aromatic heterocycles. The molecule has 2 amide bonds. The summed E-state index contributed by atoms with van der Waals surface area (Å²) in [5.74, 6) is 1.18. The minimum atomic E-state index is -0.317. The summed E-state index contributed by atoms with van der Waals surface area (Å²) in [6, 6.07) is 16.5. The summed E-state index contributed by atoms with van der Waals surface area (Å²) in [6.07, 6.45) is 1.55. The number of anilines is 1. The van der Waals surface area contributed by atoms with E-state index in [4.69, 9.17) is 4.74 Å². The molecule has 0 aliphatic rings. The van der Waals surface area contributed by atoms with Gasteiger partial charge in [-0.25, -0.2) is 9.78 Å². The molecule has 0 saturated carbocycles. The molecule has 0 aliphatic carbocycles. The standard InChI is InChI=1S/C20H20N4O2/c1-14-6-9-18(10-7-14)26-19-11-8-17(12-21-19)24-20(25)22-13-16-5-3-4-15(2)23-16/h3-12H,13H2,1-2H3,(H2,22,24,25). The number of amides is 2. The lowest BCUT2D eigenvalue weighted by Gasteiger charge is -2.09. The predicted molar refractivity (Wildman–Crippen MR) is 100 cm³/mol. The molecule has 6 heteroatoms. The van der Waals surface area contributed by atoms with Crippen LogP contribution in [-0.4, -0.2) is 16.0 Å². The fourth-order valence-electron chi connectivity index (χ4n) is 2.29. The van der Waals surface area contributed by atoms with Crippen LogP contribution in [0, 0.1) is 13.8 Å². The van der Waals surface area contributed by atoms with Crippen LogP contribution in [0.5, 0.6) is 11.6 Å². The first kappa shape index (κ1) is 17.4. The molecular weight excluding hydrogens is 328 g/mol. The van der Waals surface area contributed by atoms with E-state index < -0.39 is 0 Å². The van der Waals surface area contributed by atoms with Gasteiger partial charge in [0.05, 0.1) is 24.1 Å². The zero-order valence-electron chi connectivity index (χ0n) is 14.7. The molecule has 26 heavy (non-hydrogen) atoms. The zero-order chi connectivity index (χ0) is 18.4. The number of urea groups is 1. The van der Waals surface area contributed by atoms with Gasteiger partial charge < -0.3 is 15.4 Å². The Labute approximate surface area is 152 Å². The molecule has 0 fully saturated rings. The number of carbonyl (C=O) groups excluding carboxylic acids is 1. The van der Waals surface area contributed by atoms with Crippen LogP contribution in [0.4, 0.5) is 10.5 Å². The molecule has 6 nitrogen and oxygen atoms in total. The van der Waals surface area contributed by atoms with Gasteiger partial charge in [0.2, 0.25) is 5.88 Å². The number of aromatic nitrogens is 2. The van der Waals surface area contributed by atoms with Gasteiger partial charge in [0, 0.05) is 11.8 Å². The first-order valence-electron chi connectivity index (χ1n) is 8.26. The lowest BCUT2D eigenvalue weighted by molar-refractivity contribution is 0.251. The van der Waals surface area contributed by atoms with E-state index in [1.165, 1.54) is 0 Å². The Balaban J connectivity index is 1.51. The molecule has 0 atom stereocenters. The number of carbonyl (C=O) groups is 1. The van der Waals surface area contributed by atoms with Gasteiger partial charge in [0.15, 0.2) is 0 Å². The van der Waals surface area contributed by atoms with Gasteiger partial charge in [-0.1, -0.05) is 23.8 Å². The average molecular weight is 348 g/mol. The van der Waals surface area contributed by atoms with E-state index in [-0.39, 0.29) is 6.03 Å². The highest BCUT2D eigenvalue weighted by Crippen LogP contribution is 2.20. The zero-order valence-corrected chi connectivity index (χ0v) is 14.7. The second kappa shape index (κ2) is 8.11. The summed E-state index contributed by atoms with van der Waals surface area (Å²) in [6.45, 7) is 4.29. The maximum Gasteiger partial charge on any atom is 0.319 e. The van der Waals surface area contributed by atoms with Gasteiger partial charge in [-0.15, -0.1) is 0 Å². The van der Waals surface area contributed by atoms with E-state index in [1.54, 1.807) is 18.3 Å². The molecule has 3 aromatic rings. The van der Waals surface area contributed by atoms with Crippen molar-refractivity contribution in [3.05, 3.63) is 77.7 Å². The van der Waals surface area contributed by atoms with Crippen LogP contribution < -0.4 is 15.4 Å². The van der Waals surface area contributed by atoms with Crippen LogP contribution in [0.1, 0.15) is 17.0 Å². The fourth-order valence-corrected chi connectivity index (χ4v) is 2.29. The van der Waals surface area contributed by atoms with Gasteiger partial charge >= 0.3 is 6.03 Å². The van der Waals surface area contributed by atoms with Crippen LogP contribution in [0.15, 0.2) is 60.8 Å². The molecule has 0 spiro atoms. The largest absolute Gasteiger partial charge is 0.439 e. The number of nitrogens with one attached hydrogen (secondary N) is 2. The van der Waals surface area contributed by atoms with Crippen molar-refractivity contribution in [3.8, 4) is 11.6 Å². The third kappa shape index (κ3) is 5.04. The summed E-state index contributed by atoms with van der Waals surface area (Å²) in [4.78, 5) is 20.5. The summed E-state index contributed by atoms with van der Waals surface area (Å²) in [7, 11) is 0. The third-order valence-electron chi connectivity index (χ3n) is 3.61. The van der Waals surface area contributed by atoms with Crippen molar-refractivity contribution in [1.82, 2.24) is 15.3 Å². The number of ether oxygens (including phenoxy) is 1. The number of benzene rings is 1. The molecule has 0 aliphatic heterocycles. The molecule has 0 saturated heterocycles. The maximum atomic E-state index is 12.0. The van der Waals surface area contributed by atoms with Crippen molar-refractivity contribution in [1.29, 1.82) is 0 Å². The van der Waals surface area contributed by atoms with E-state index >= 15 is 0 Å². The summed E-state index contributed by atoms with van der Waals surface area (Å²) in [5.41, 5.74) is 3.46. The Kier molecular flexibility index (Phi) is 5.43. The summed E-state index contributed by atoms with van der Waals surface area (Å²) < 4.78 is 5.66. The van der Waals surface area contributed by atoms with Crippen molar-refractivity contribution in [2.75, 3.05) is 5.32 Å². The Morgan fingerprint density at radius 2 is 1.85 bits per heavy atom. The number of hydrogen-bond donors (Lipinski definition) is 2. The van der Waals surface area contributed by atoms with E-state index in [2.05, 4.69) is 20.6 Å². The van der Waals surface area contributed by atoms with Crippen molar-refractivity contribution < 1.29 is 9.53 Å². The van der Waals surface area contributed by atoms with E-state index in [0.29, 0.717) is 23.9 Å². The molecule has 2 N–H and O–H groups in total. The highest BCUT2D eigenvalue weighted by atomic mass is 16.5. The first-order chi connectivity index (χ1) is 12.6. The Morgan fingerprint density at radius 1 is 1.04 bits per heavy atom. The molecule has 0 bridgehead atoms. The Hall–Kier alpha value is -3.41. The molecule has 1 aromatic carbocycles. The predicted octanol–water partition coefficient (Wildman–Crippen LogP) is 4.21. The van der Waals surface area contributed by atoms with E-state index in [1.807, 2.05) is 56.3 Å². The minimum absolute atomic E-state index is 0.317. The van der Waals surface area contributed by atoms with Crippen molar-refractivity contribution >= 4 is 11.7 Å². The Morgan fingerprint density at radius 3 is 2.54 bits per heavy atom. The monoisotopic (exact) mass is 348 g/mol. The van der Waals surface area contributed by atoms with Crippen molar-refractivity contribution in [2.45, 2.75) is 20.4 Å². The summed E-state index contributed by atoms with van der Waals surface area (Å²) in [5, 5.41) is 5.49. The summed E-state index contributed by atoms with van der Waals surface area (Å²) >= 11 is 0. The second-order valence-corrected chi connectivity index (χ2v) is 5.88. The van der Waals surface area contributed by atoms with Crippen LogP contribution in [0.3, 0.4) is 0 Å². The fraction of sp³-hybridized carbons (Fsp3) is 0.150. The van der Waals surface area contributed by atoms with Crippen LogP contribution in [0.2, 0.25) is 0 Å². The maximum absolute atomic E-state index is 12.0. The first-order valence-corrected chi connectivity index (χ1v) is 8.26. The van der Waals surface area contributed by atoms with Crippen LogP contribution in [0.25, 0.3) is 0 Å². The van der Waals surface area contributed by atoms with E-state index in [9.17, 15) is 4.79 Å². The quantitative estimate of drug-likeness (QED) is 0.724. The number of pyridine rings is 2. The van der Waals surface area contributed by atoms with Crippen LogP contribution >= 0.6 is 0 Å². The number of aryl methyl sites for hydroxylation is 2. The van der Waals surface area contributed by atoms with E-state index in [0.717, 1.165) is 17.0 Å². The lowest BCUT2D eigenvalue weighted by Crippen LogP contribution is -2.28. The Bertz CT molecular complexity index is 877. The third-order valence-corrected chi connectivity index (χ3v) is 3.61. The van der Waals surface area contributed by atoms with Crippen molar-refractivity contribution in [3.63, 3.8) is 0 Å². The number of nitrogens with zero attached hydrogens (tertiary/aromatic N) is 2. The number of hydrogen-bond acceptors (Lipinski definition) is 4. The lowest BCUT2D eigenvalue weighted by atomic mass is 10.2. The molecule has 0 unspecified atom stereocenters. The van der Waals surface area contributed by atoms with Gasteiger partial charge in [0.25, 0.3) is 0 Å². The van der Waals surface area contributed by atoms with Gasteiger partial charge in [0.1, 0.15) is 5.75 Å². The molecule has 0 radical (unpaired) electrons. The number of rotatable bonds is 5. The van der Waals surface area contributed by atoms with Gasteiger partial charge in [-0.05, 0) is 44.2 Å². The van der Waals surface area contributed by atoms with Gasteiger partial charge in [-0.2, -0.15) is 0 Å². The van der Waals surface area contributed by atoms with Crippen LogP contribution in [-0.2, 0) is 6.54 Å². The molecule has 2 heterocycles. The molecule has 132 valence electrons. The smallest absolute Gasteiger partial charge is 0.319 e. The molecule has 3 rings (SSSR count). The van der Waals surface area contributed by atoms with Crippen molar-refractivity contribution in [2.24, 2.45) is 0 Å². The highest BCUT2D eigenvalue weighted by Gasteiger charge is 2.04. The second-order valence-electron chi connectivity index (χ2n) is 5.88.